The van der Waals surface area contributed by atoms with Gasteiger partial charge in [0.05, 0.1) is 17.0 Å². The van der Waals surface area contributed by atoms with Gasteiger partial charge in [0.2, 0.25) is 0 Å². The van der Waals surface area contributed by atoms with Gasteiger partial charge in [0.15, 0.2) is 0 Å². The Labute approximate surface area is 160 Å². The molecule has 0 aliphatic rings. The third kappa shape index (κ3) is 3.17. The van der Waals surface area contributed by atoms with Crippen LogP contribution in [0.3, 0.4) is 0 Å². The van der Waals surface area contributed by atoms with E-state index in [2.05, 4.69) is 15.9 Å². The van der Waals surface area contributed by atoms with Gasteiger partial charge in [-0.15, -0.1) is 0 Å². The second-order valence-electron chi connectivity index (χ2n) is 5.99. The maximum atomic E-state index is 13.3. The van der Waals surface area contributed by atoms with Gasteiger partial charge in [-0.3, -0.25) is 0 Å². The molecule has 0 unspecified atom stereocenters. The zero-order valence-electron chi connectivity index (χ0n) is 14.6. The molecular formula is C19H18BrNO4S. The molecule has 0 spiro atoms. The molecule has 1 aromatic heterocycles. The number of hydrogen-bond acceptors (Lipinski definition) is 4. The molecule has 3 rings (SSSR count). The highest BCUT2D eigenvalue weighted by atomic mass is 79.9. The smallest absolute Gasteiger partial charge is 0.356 e. The van der Waals surface area contributed by atoms with Crippen LogP contribution >= 0.6 is 15.9 Å². The lowest BCUT2D eigenvalue weighted by atomic mass is 10.2. The van der Waals surface area contributed by atoms with Crippen LogP contribution in [0.4, 0.5) is 0 Å². The molecule has 0 aliphatic heterocycles. The van der Waals surface area contributed by atoms with Gasteiger partial charge in [0.25, 0.3) is 10.0 Å². The van der Waals surface area contributed by atoms with Crippen molar-refractivity contribution >= 4 is 42.8 Å². The quantitative estimate of drug-likeness (QED) is 0.568. The van der Waals surface area contributed by atoms with Crippen LogP contribution in [-0.4, -0.2) is 25.0 Å². The van der Waals surface area contributed by atoms with Gasteiger partial charge in [-0.05, 0) is 56.7 Å². The summed E-state index contributed by atoms with van der Waals surface area (Å²) >= 11 is 3.44. The summed E-state index contributed by atoms with van der Waals surface area (Å²) in [6, 6.07) is 11.6. The highest BCUT2D eigenvalue weighted by Crippen LogP contribution is 2.30. The summed E-state index contributed by atoms with van der Waals surface area (Å²) in [7, 11) is -3.97. The molecule has 0 saturated heterocycles. The zero-order chi connectivity index (χ0) is 19.1. The van der Waals surface area contributed by atoms with Gasteiger partial charge in [0, 0.05) is 9.86 Å². The summed E-state index contributed by atoms with van der Waals surface area (Å²) in [6.45, 7) is 5.62. The summed E-state index contributed by atoms with van der Waals surface area (Å²) in [6.07, 6.45) is 0. The first-order valence-corrected chi connectivity index (χ1v) is 10.3. The molecule has 0 fully saturated rings. The van der Waals surface area contributed by atoms with Crippen LogP contribution < -0.4 is 0 Å². The van der Waals surface area contributed by atoms with E-state index in [0.717, 1.165) is 19.6 Å². The Balaban J connectivity index is 2.34. The molecule has 0 bridgehead atoms. The number of aryl methyl sites for hydroxylation is 2. The van der Waals surface area contributed by atoms with Gasteiger partial charge in [-0.25, -0.2) is 17.2 Å². The summed E-state index contributed by atoms with van der Waals surface area (Å²) in [5.74, 6) is -0.673. The van der Waals surface area contributed by atoms with E-state index in [0.29, 0.717) is 10.9 Å². The van der Waals surface area contributed by atoms with Crippen LogP contribution in [0, 0.1) is 13.8 Å². The summed E-state index contributed by atoms with van der Waals surface area (Å²) < 4.78 is 33.5. The van der Waals surface area contributed by atoms with Crippen LogP contribution in [0.1, 0.15) is 28.5 Å². The van der Waals surface area contributed by atoms with Crippen molar-refractivity contribution in [3.63, 3.8) is 0 Å². The van der Waals surface area contributed by atoms with E-state index in [1.165, 1.54) is 12.1 Å². The average Bonchev–Trinajstić information content (AvgIpc) is 2.95. The molecule has 26 heavy (non-hydrogen) atoms. The fourth-order valence-corrected chi connectivity index (χ4v) is 4.57. The molecule has 0 N–H and O–H groups in total. The molecule has 0 aliphatic carbocycles. The first kappa shape index (κ1) is 18.7. The first-order chi connectivity index (χ1) is 12.3. The lowest BCUT2D eigenvalue weighted by molar-refractivity contribution is 0.0518. The van der Waals surface area contributed by atoms with Crippen molar-refractivity contribution < 1.29 is 17.9 Å². The number of fused-ring (bicyclic) bond motifs is 1. The number of halogens is 1. The lowest BCUT2D eigenvalue weighted by Gasteiger charge is -2.12. The van der Waals surface area contributed by atoms with E-state index < -0.39 is 16.0 Å². The van der Waals surface area contributed by atoms with Crippen LogP contribution in [-0.2, 0) is 14.8 Å². The number of nitrogens with zero attached hydrogens (tertiary/aromatic N) is 1. The molecule has 1 heterocycles. The standard InChI is InChI=1S/C19H18BrNO4S/c1-4-25-19(22)18-10-14-9-13(3)16(20)11-17(14)21(18)26(23,24)15-7-5-12(2)6-8-15/h5-11H,4H2,1-3H3. The van der Waals surface area contributed by atoms with Crippen LogP contribution in [0.15, 0.2) is 51.8 Å². The van der Waals surface area contributed by atoms with Crippen LogP contribution in [0.25, 0.3) is 10.9 Å². The Morgan fingerprint density at radius 3 is 2.38 bits per heavy atom. The Bertz CT molecular complexity index is 1100. The largest absolute Gasteiger partial charge is 0.461 e. The third-order valence-electron chi connectivity index (χ3n) is 4.08. The van der Waals surface area contributed by atoms with Crippen molar-refractivity contribution in [1.82, 2.24) is 3.97 Å². The number of hydrogen-bond donors (Lipinski definition) is 0. The van der Waals surface area contributed by atoms with Crippen molar-refractivity contribution in [2.24, 2.45) is 0 Å². The molecule has 136 valence electrons. The molecule has 0 atom stereocenters. The molecule has 0 amide bonds. The number of rotatable bonds is 4. The highest BCUT2D eigenvalue weighted by Gasteiger charge is 2.27. The molecule has 3 aromatic rings. The molecular weight excluding hydrogens is 418 g/mol. The second kappa shape index (κ2) is 6.89. The highest BCUT2D eigenvalue weighted by molar-refractivity contribution is 9.10. The van der Waals surface area contributed by atoms with E-state index in [1.807, 2.05) is 19.9 Å². The maximum Gasteiger partial charge on any atom is 0.356 e. The zero-order valence-corrected chi connectivity index (χ0v) is 17.0. The maximum absolute atomic E-state index is 13.3. The molecule has 0 radical (unpaired) electrons. The minimum atomic E-state index is -3.97. The molecule has 7 heteroatoms. The normalized spacial score (nSPS) is 11.7. The second-order valence-corrected chi connectivity index (χ2v) is 8.63. The first-order valence-electron chi connectivity index (χ1n) is 8.06. The summed E-state index contributed by atoms with van der Waals surface area (Å²) in [5.41, 5.74) is 2.30. The Kier molecular flexibility index (Phi) is 4.94. The van der Waals surface area contributed by atoms with Crippen molar-refractivity contribution in [2.45, 2.75) is 25.7 Å². The van der Waals surface area contributed by atoms with Gasteiger partial charge < -0.3 is 4.74 Å². The van der Waals surface area contributed by atoms with Crippen LogP contribution in [0.2, 0.25) is 0 Å². The van der Waals surface area contributed by atoms with Gasteiger partial charge in [-0.1, -0.05) is 33.6 Å². The van der Waals surface area contributed by atoms with E-state index in [-0.39, 0.29) is 17.2 Å². The molecule has 2 aromatic carbocycles. The number of carbonyl (C=O) groups is 1. The van der Waals surface area contributed by atoms with E-state index >= 15 is 0 Å². The monoisotopic (exact) mass is 435 g/mol. The third-order valence-corrected chi connectivity index (χ3v) is 6.68. The predicted octanol–water partition coefficient (Wildman–Crippen LogP) is 4.43. The number of esters is 1. The summed E-state index contributed by atoms with van der Waals surface area (Å²) in [4.78, 5) is 12.5. The molecule has 0 saturated carbocycles. The number of aromatic nitrogens is 1. The topological polar surface area (TPSA) is 65.4 Å². The Hall–Kier alpha value is -2.12. The van der Waals surface area contributed by atoms with Crippen molar-refractivity contribution in [2.75, 3.05) is 6.61 Å². The lowest BCUT2D eigenvalue weighted by Crippen LogP contribution is -2.19. The van der Waals surface area contributed by atoms with Gasteiger partial charge >= 0.3 is 5.97 Å². The molecule has 5 nitrogen and oxygen atoms in total. The van der Waals surface area contributed by atoms with Crippen molar-refractivity contribution in [3.05, 3.63) is 63.8 Å². The van der Waals surface area contributed by atoms with Crippen LogP contribution in [0.5, 0.6) is 0 Å². The number of carbonyl (C=O) groups excluding carboxylic acids is 1. The van der Waals surface area contributed by atoms with Gasteiger partial charge in [0.1, 0.15) is 5.69 Å². The predicted molar refractivity (Wildman–Crippen MR) is 104 cm³/mol. The number of ether oxygens (including phenoxy) is 1. The van der Waals surface area contributed by atoms with E-state index in [1.54, 1.807) is 31.2 Å². The Morgan fingerprint density at radius 1 is 1.12 bits per heavy atom. The Morgan fingerprint density at radius 2 is 1.77 bits per heavy atom. The van der Waals surface area contributed by atoms with Crippen molar-refractivity contribution in [1.29, 1.82) is 0 Å². The number of benzene rings is 2. The minimum absolute atomic E-state index is 0.0140. The fourth-order valence-electron chi connectivity index (χ4n) is 2.74. The SMILES string of the molecule is CCOC(=O)c1cc2cc(C)c(Br)cc2n1S(=O)(=O)c1ccc(C)cc1. The average molecular weight is 436 g/mol. The van der Waals surface area contributed by atoms with E-state index in [9.17, 15) is 13.2 Å². The van der Waals surface area contributed by atoms with E-state index in [4.69, 9.17) is 4.74 Å². The fraction of sp³-hybridized carbons (Fsp3) is 0.211. The minimum Gasteiger partial charge on any atom is -0.461 e. The van der Waals surface area contributed by atoms with Crippen molar-refractivity contribution in [3.8, 4) is 0 Å². The van der Waals surface area contributed by atoms with Gasteiger partial charge in [-0.2, -0.15) is 0 Å². The summed E-state index contributed by atoms with van der Waals surface area (Å²) in [5, 5.41) is 0.657.